The fraction of sp³-hybridized carbons (Fsp3) is 0.105. The highest BCUT2D eigenvalue weighted by atomic mass is 32.2. The van der Waals surface area contributed by atoms with Crippen molar-refractivity contribution in [1.82, 2.24) is 30.0 Å². The summed E-state index contributed by atoms with van der Waals surface area (Å²) in [5, 5.41) is 19.3. The van der Waals surface area contributed by atoms with Crippen molar-refractivity contribution in [2.24, 2.45) is 0 Å². The summed E-state index contributed by atoms with van der Waals surface area (Å²) in [6.45, 7) is 1.82. The molecule has 0 saturated heterocycles. The molecule has 10 heteroatoms. The molecule has 0 radical (unpaired) electrons. The lowest BCUT2D eigenvalue weighted by molar-refractivity contribution is -0.113. The molecule has 2 aromatic carbocycles. The van der Waals surface area contributed by atoms with Crippen molar-refractivity contribution in [3.8, 4) is 11.4 Å². The number of anilines is 1. The molecule has 2 heterocycles. The summed E-state index contributed by atoms with van der Waals surface area (Å²) in [7, 11) is 0. The van der Waals surface area contributed by atoms with Gasteiger partial charge in [0.25, 0.3) is 0 Å². The number of benzene rings is 2. The number of rotatable bonds is 6. The van der Waals surface area contributed by atoms with Gasteiger partial charge in [0.05, 0.1) is 22.8 Å². The van der Waals surface area contributed by atoms with E-state index >= 15 is 0 Å². The van der Waals surface area contributed by atoms with Crippen molar-refractivity contribution in [2.45, 2.75) is 12.1 Å². The van der Waals surface area contributed by atoms with Crippen molar-refractivity contribution in [3.63, 3.8) is 0 Å². The molecule has 4 rings (SSSR count). The highest BCUT2D eigenvalue weighted by molar-refractivity contribution is 7.99. The quantitative estimate of drug-likeness (QED) is 0.492. The number of aryl methyl sites for hydroxylation is 1. The van der Waals surface area contributed by atoms with Gasteiger partial charge in [-0.15, -0.1) is 5.10 Å². The number of thioether (sulfide) groups is 1. The molecule has 0 aliphatic carbocycles. The van der Waals surface area contributed by atoms with Gasteiger partial charge in [0, 0.05) is 6.07 Å². The summed E-state index contributed by atoms with van der Waals surface area (Å²) in [5.41, 5.74) is 2.19. The van der Waals surface area contributed by atoms with Gasteiger partial charge in [-0.2, -0.15) is 9.78 Å². The minimum absolute atomic E-state index is 0.112. The Balaban J connectivity index is 1.45. The third-order valence-corrected chi connectivity index (χ3v) is 4.86. The van der Waals surface area contributed by atoms with Gasteiger partial charge in [-0.3, -0.25) is 4.79 Å². The lowest BCUT2D eigenvalue weighted by Crippen LogP contribution is -2.17. The summed E-state index contributed by atoms with van der Waals surface area (Å²) >= 11 is 1.22. The normalized spacial score (nSPS) is 10.8. The van der Waals surface area contributed by atoms with E-state index in [0.717, 1.165) is 11.4 Å². The Morgan fingerprint density at radius 2 is 1.79 bits per heavy atom. The van der Waals surface area contributed by atoms with E-state index in [-0.39, 0.29) is 17.5 Å². The first-order chi connectivity index (χ1) is 14.1. The molecule has 0 spiro atoms. The van der Waals surface area contributed by atoms with Crippen LogP contribution in [0.3, 0.4) is 0 Å². The third-order valence-electron chi connectivity index (χ3n) is 3.94. The first-order valence-corrected chi connectivity index (χ1v) is 9.68. The molecule has 8 nitrogen and oxygen atoms in total. The van der Waals surface area contributed by atoms with Gasteiger partial charge in [-0.25, -0.2) is 9.07 Å². The second kappa shape index (κ2) is 8.23. The standard InChI is InChI=1S/C19H16FN7OS/c1-13-11-17(26(23-13)16-9-7-14(20)8-10-16)21-18(28)12-29-19-22-24-25-27(19)15-5-3-2-4-6-15/h2-11H,12H2,1H3,(H,21,28). The number of hydrogen-bond acceptors (Lipinski definition) is 6. The topological polar surface area (TPSA) is 90.5 Å². The molecule has 4 aromatic rings. The molecular formula is C19H16FN7OS. The van der Waals surface area contributed by atoms with Gasteiger partial charge in [0.15, 0.2) is 0 Å². The van der Waals surface area contributed by atoms with Gasteiger partial charge in [0.2, 0.25) is 11.1 Å². The molecule has 0 aliphatic heterocycles. The van der Waals surface area contributed by atoms with Crippen molar-refractivity contribution in [2.75, 3.05) is 11.1 Å². The first kappa shape index (κ1) is 18.8. The van der Waals surface area contributed by atoms with Gasteiger partial charge >= 0.3 is 0 Å². The van der Waals surface area contributed by atoms with Crippen LogP contribution in [0, 0.1) is 12.7 Å². The maximum atomic E-state index is 13.2. The van der Waals surface area contributed by atoms with E-state index in [1.54, 1.807) is 27.6 Å². The largest absolute Gasteiger partial charge is 0.310 e. The van der Waals surface area contributed by atoms with Gasteiger partial charge in [-0.1, -0.05) is 30.0 Å². The van der Waals surface area contributed by atoms with Crippen LogP contribution >= 0.6 is 11.8 Å². The Hall–Kier alpha value is -3.53. The zero-order chi connectivity index (χ0) is 20.2. The van der Waals surface area contributed by atoms with E-state index in [9.17, 15) is 9.18 Å². The molecular weight excluding hydrogens is 393 g/mol. The summed E-state index contributed by atoms with van der Waals surface area (Å²) in [5.74, 6) is 0.0416. The van der Waals surface area contributed by atoms with Crippen LogP contribution in [0.4, 0.5) is 10.2 Å². The monoisotopic (exact) mass is 409 g/mol. The molecule has 29 heavy (non-hydrogen) atoms. The van der Waals surface area contributed by atoms with Crippen LogP contribution in [-0.4, -0.2) is 41.6 Å². The van der Waals surface area contributed by atoms with Crippen LogP contribution in [0.1, 0.15) is 5.69 Å². The lowest BCUT2D eigenvalue weighted by Gasteiger charge is -2.09. The Kier molecular flexibility index (Phi) is 5.34. The number of tetrazole rings is 1. The minimum Gasteiger partial charge on any atom is -0.310 e. The summed E-state index contributed by atoms with van der Waals surface area (Å²) in [6.07, 6.45) is 0. The zero-order valence-electron chi connectivity index (χ0n) is 15.4. The second-order valence-corrected chi connectivity index (χ2v) is 7.05. The molecule has 146 valence electrons. The summed E-state index contributed by atoms with van der Waals surface area (Å²) in [6, 6.07) is 17.1. The Morgan fingerprint density at radius 1 is 1.07 bits per heavy atom. The van der Waals surface area contributed by atoms with Gasteiger partial charge in [-0.05, 0) is 53.7 Å². The first-order valence-electron chi connectivity index (χ1n) is 8.69. The molecule has 1 N–H and O–H groups in total. The molecule has 0 bridgehead atoms. The predicted octanol–water partition coefficient (Wildman–Crippen LogP) is 3.03. The smallest absolute Gasteiger partial charge is 0.236 e. The van der Waals surface area contributed by atoms with Gasteiger partial charge < -0.3 is 5.32 Å². The van der Waals surface area contributed by atoms with Crippen molar-refractivity contribution < 1.29 is 9.18 Å². The number of carbonyl (C=O) groups is 1. The Bertz CT molecular complexity index is 1130. The molecule has 0 unspecified atom stereocenters. The zero-order valence-corrected chi connectivity index (χ0v) is 16.2. The number of halogens is 1. The number of nitrogens with one attached hydrogen (secondary N) is 1. The van der Waals surface area contributed by atoms with Crippen molar-refractivity contribution in [3.05, 3.63) is 72.2 Å². The number of para-hydroxylation sites is 1. The van der Waals surface area contributed by atoms with Gasteiger partial charge in [0.1, 0.15) is 11.6 Å². The molecule has 0 aliphatic rings. The molecule has 0 saturated carbocycles. The van der Waals surface area contributed by atoms with Crippen LogP contribution in [0.2, 0.25) is 0 Å². The number of carbonyl (C=O) groups excluding carboxylic acids is 1. The fourth-order valence-corrected chi connectivity index (χ4v) is 3.37. The van der Waals surface area contributed by atoms with Crippen LogP contribution < -0.4 is 5.32 Å². The number of aromatic nitrogens is 6. The highest BCUT2D eigenvalue weighted by Crippen LogP contribution is 2.20. The lowest BCUT2D eigenvalue weighted by atomic mass is 10.3. The van der Waals surface area contributed by atoms with Crippen LogP contribution in [0.25, 0.3) is 11.4 Å². The van der Waals surface area contributed by atoms with E-state index < -0.39 is 0 Å². The highest BCUT2D eigenvalue weighted by Gasteiger charge is 2.14. The third kappa shape index (κ3) is 4.32. The second-order valence-electron chi connectivity index (χ2n) is 6.10. The van der Waals surface area contributed by atoms with Crippen LogP contribution in [0.15, 0.2) is 65.8 Å². The van der Waals surface area contributed by atoms with E-state index in [4.69, 9.17) is 0 Å². The average molecular weight is 409 g/mol. The molecule has 0 atom stereocenters. The van der Waals surface area contributed by atoms with E-state index in [2.05, 4.69) is 25.9 Å². The van der Waals surface area contributed by atoms with Crippen molar-refractivity contribution >= 4 is 23.5 Å². The van der Waals surface area contributed by atoms with E-state index in [1.165, 1.54) is 23.9 Å². The Labute approximate surface area is 169 Å². The number of amides is 1. The van der Waals surface area contributed by atoms with Crippen LogP contribution in [0.5, 0.6) is 0 Å². The molecule has 2 aromatic heterocycles. The number of hydrogen-bond donors (Lipinski definition) is 1. The molecule has 1 amide bonds. The predicted molar refractivity (Wildman–Crippen MR) is 107 cm³/mol. The Morgan fingerprint density at radius 3 is 2.55 bits per heavy atom. The van der Waals surface area contributed by atoms with E-state index in [1.807, 2.05) is 37.3 Å². The summed E-state index contributed by atoms with van der Waals surface area (Å²) in [4.78, 5) is 12.5. The van der Waals surface area contributed by atoms with Crippen LogP contribution in [-0.2, 0) is 4.79 Å². The fourth-order valence-electron chi connectivity index (χ4n) is 2.68. The molecule has 0 fully saturated rings. The maximum absolute atomic E-state index is 13.2. The van der Waals surface area contributed by atoms with Crippen molar-refractivity contribution in [1.29, 1.82) is 0 Å². The maximum Gasteiger partial charge on any atom is 0.236 e. The number of nitrogens with zero attached hydrogens (tertiary/aromatic N) is 6. The minimum atomic E-state index is -0.337. The summed E-state index contributed by atoms with van der Waals surface area (Å²) < 4.78 is 16.3. The average Bonchev–Trinajstić information content (AvgIpc) is 3.34. The SMILES string of the molecule is Cc1cc(NC(=O)CSc2nnnn2-c2ccccc2)n(-c2ccc(F)cc2)n1. The van der Waals surface area contributed by atoms with E-state index in [0.29, 0.717) is 16.7 Å².